The highest BCUT2D eigenvalue weighted by Crippen LogP contribution is 2.28. The Bertz CT molecular complexity index is 694. The zero-order valence-corrected chi connectivity index (χ0v) is 15.0. The molecular formula is C17H24N4OS. The van der Waals surface area contributed by atoms with Crippen LogP contribution in [0.3, 0.4) is 0 Å². The van der Waals surface area contributed by atoms with Crippen molar-refractivity contribution in [2.45, 2.75) is 45.4 Å². The van der Waals surface area contributed by atoms with Crippen molar-refractivity contribution in [3.05, 3.63) is 47.3 Å². The molecule has 5 nitrogen and oxygen atoms in total. The average molecular weight is 332 g/mol. The Labute approximate surface area is 141 Å². The summed E-state index contributed by atoms with van der Waals surface area (Å²) in [4.78, 5) is 0. The molecule has 0 spiro atoms. The Balaban J connectivity index is 2.10. The fourth-order valence-electron chi connectivity index (χ4n) is 2.08. The van der Waals surface area contributed by atoms with Gasteiger partial charge in [-0.1, -0.05) is 49.9 Å². The molecule has 23 heavy (non-hydrogen) atoms. The highest BCUT2D eigenvalue weighted by molar-refractivity contribution is 7.99. The molecule has 1 aromatic carbocycles. The van der Waals surface area contributed by atoms with Crippen molar-refractivity contribution in [1.29, 1.82) is 0 Å². The number of hydrogen-bond donors (Lipinski definition) is 1. The second-order valence-corrected chi connectivity index (χ2v) is 6.94. The molecule has 1 aromatic heterocycles. The van der Waals surface area contributed by atoms with Gasteiger partial charge >= 0.3 is 0 Å². The maximum Gasteiger partial charge on any atom is 0.210 e. The molecule has 6 heteroatoms. The third-order valence-corrected chi connectivity index (χ3v) is 4.50. The molecule has 0 amide bonds. The lowest BCUT2D eigenvalue weighted by Crippen LogP contribution is -2.16. The minimum atomic E-state index is 0.292. The first-order valence-corrected chi connectivity index (χ1v) is 8.57. The van der Waals surface area contributed by atoms with Gasteiger partial charge in [-0.15, -0.1) is 10.2 Å². The Hall–Kier alpha value is -1.95. The van der Waals surface area contributed by atoms with E-state index in [-0.39, 0.29) is 0 Å². The van der Waals surface area contributed by atoms with Crippen LogP contribution in [0.2, 0.25) is 0 Å². The van der Waals surface area contributed by atoms with Crippen LogP contribution in [-0.2, 0) is 6.61 Å². The van der Waals surface area contributed by atoms with E-state index in [1.807, 2.05) is 13.0 Å². The number of nitrogen functional groups attached to an aromatic ring is 1. The van der Waals surface area contributed by atoms with E-state index in [1.165, 1.54) is 22.0 Å². The average Bonchev–Trinajstić information content (AvgIpc) is 2.83. The predicted molar refractivity (Wildman–Crippen MR) is 95.3 cm³/mol. The second-order valence-electron chi connectivity index (χ2n) is 6.00. The molecule has 124 valence electrons. The van der Waals surface area contributed by atoms with Crippen molar-refractivity contribution in [2.24, 2.45) is 0 Å². The monoisotopic (exact) mass is 332 g/mol. The fourth-order valence-corrected chi connectivity index (χ4v) is 2.80. The molecule has 0 aliphatic heterocycles. The zero-order chi connectivity index (χ0) is 17.0. The van der Waals surface area contributed by atoms with Crippen molar-refractivity contribution in [2.75, 3.05) is 11.6 Å². The number of rotatable bonds is 7. The van der Waals surface area contributed by atoms with Gasteiger partial charge in [-0.3, -0.25) is 0 Å². The van der Waals surface area contributed by atoms with Gasteiger partial charge in [0.05, 0.1) is 0 Å². The van der Waals surface area contributed by atoms with Crippen LogP contribution in [0.5, 0.6) is 5.75 Å². The normalized spacial score (nSPS) is 11.0. The minimum absolute atomic E-state index is 0.292. The van der Waals surface area contributed by atoms with Crippen LogP contribution in [0.4, 0.5) is 0 Å². The number of benzene rings is 1. The predicted octanol–water partition coefficient (Wildman–Crippen LogP) is 3.67. The van der Waals surface area contributed by atoms with Gasteiger partial charge in [-0.25, -0.2) is 4.68 Å². The number of nitrogens with two attached hydrogens (primary N) is 1. The van der Waals surface area contributed by atoms with Gasteiger partial charge in [0, 0.05) is 5.75 Å². The van der Waals surface area contributed by atoms with Crippen LogP contribution in [0.25, 0.3) is 0 Å². The van der Waals surface area contributed by atoms with Gasteiger partial charge in [-0.2, -0.15) is 0 Å². The Morgan fingerprint density at radius 2 is 2.13 bits per heavy atom. The standard InChI is InChI=1S/C17H24N4OS/c1-11(2)10-23-17-20-19-16(21(17)18)9-22-15-8-13(5)6-7-14(15)12(3)4/h6-8,12H,1,9-10,18H2,2-5H3. The molecule has 0 aliphatic carbocycles. The van der Waals surface area contributed by atoms with E-state index in [4.69, 9.17) is 10.6 Å². The van der Waals surface area contributed by atoms with Crippen LogP contribution in [0.1, 0.15) is 43.6 Å². The molecule has 2 N–H and O–H groups in total. The van der Waals surface area contributed by atoms with E-state index in [0.717, 1.165) is 22.6 Å². The summed E-state index contributed by atoms with van der Waals surface area (Å²) in [5.41, 5.74) is 3.41. The van der Waals surface area contributed by atoms with Crippen LogP contribution in [0, 0.1) is 6.92 Å². The molecule has 0 unspecified atom stereocenters. The summed E-state index contributed by atoms with van der Waals surface area (Å²) in [7, 11) is 0. The highest BCUT2D eigenvalue weighted by atomic mass is 32.2. The molecule has 2 aromatic rings. The number of aromatic nitrogens is 3. The van der Waals surface area contributed by atoms with Gasteiger partial charge in [0.25, 0.3) is 0 Å². The zero-order valence-electron chi connectivity index (χ0n) is 14.2. The Kier molecular flexibility index (Phi) is 5.71. The molecule has 0 atom stereocenters. The number of aryl methyl sites for hydroxylation is 1. The van der Waals surface area contributed by atoms with E-state index in [9.17, 15) is 0 Å². The molecule has 0 saturated carbocycles. The van der Waals surface area contributed by atoms with Gasteiger partial charge < -0.3 is 10.6 Å². The fraction of sp³-hybridized carbons (Fsp3) is 0.412. The molecule has 0 radical (unpaired) electrons. The lowest BCUT2D eigenvalue weighted by molar-refractivity contribution is 0.287. The summed E-state index contributed by atoms with van der Waals surface area (Å²) in [6, 6.07) is 6.25. The first-order valence-electron chi connectivity index (χ1n) is 7.58. The molecule has 0 saturated heterocycles. The molecule has 0 aliphatic rings. The molecule has 1 heterocycles. The molecular weight excluding hydrogens is 308 g/mol. The molecule has 2 rings (SSSR count). The van der Waals surface area contributed by atoms with E-state index < -0.39 is 0 Å². The summed E-state index contributed by atoms with van der Waals surface area (Å²) in [6.45, 7) is 12.5. The van der Waals surface area contributed by atoms with Crippen molar-refractivity contribution >= 4 is 11.8 Å². The minimum Gasteiger partial charge on any atom is -0.485 e. The lowest BCUT2D eigenvalue weighted by atomic mass is 10.0. The van der Waals surface area contributed by atoms with Gasteiger partial charge in [0.15, 0.2) is 5.82 Å². The summed E-state index contributed by atoms with van der Waals surface area (Å²) in [5, 5.41) is 8.89. The smallest absolute Gasteiger partial charge is 0.210 e. The summed E-state index contributed by atoms with van der Waals surface area (Å²) < 4.78 is 7.44. The Morgan fingerprint density at radius 3 is 2.78 bits per heavy atom. The van der Waals surface area contributed by atoms with E-state index in [2.05, 4.69) is 49.7 Å². The van der Waals surface area contributed by atoms with E-state index in [0.29, 0.717) is 23.5 Å². The summed E-state index contributed by atoms with van der Waals surface area (Å²) >= 11 is 1.52. The Morgan fingerprint density at radius 1 is 1.39 bits per heavy atom. The summed E-state index contributed by atoms with van der Waals surface area (Å²) in [5.74, 6) is 8.68. The second kappa shape index (κ2) is 7.55. The molecule has 0 bridgehead atoms. The van der Waals surface area contributed by atoms with Crippen LogP contribution >= 0.6 is 11.8 Å². The topological polar surface area (TPSA) is 66.0 Å². The first-order chi connectivity index (χ1) is 10.9. The third kappa shape index (κ3) is 4.51. The quantitative estimate of drug-likeness (QED) is 0.476. The van der Waals surface area contributed by atoms with Crippen molar-refractivity contribution < 1.29 is 4.74 Å². The van der Waals surface area contributed by atoms with Crippen molar-refractivity contribution in [1.82, 2.24) is 14.9 Å². The van der Waals surface area contributed by atoms with Crippen molar-refractivity contribution in [3.63, 3.8) is 0 Å². The largest absolute Gasteiger partial charge is 0.485 e. The maximum absolute atomic E-state index is 6.04. The first kappa shape index (κ1) is 17.4. The van der Waals surface area contributed by atoms with Crippen LogP contribution in [-0.4, -0.2) is 20.6 Å². The number of ether oxygens (including phenoxy) is 1. The van der Waals surface area contributed by atoms with Gasteiger partial charge in [0.2, 0.25) is 5.16 Å². The lowest BCUT2D eigenvalue weighted by Gasteiger charge is -2.14. The van der Waals surface area contributed by atoms with Crippen molar-refractivity contribution in [3.8, 4) is 5.75 Å². The van der Waals surface area contributed by atoms with E-state index in [1.54, 1.807) is 0 Å². The van der Waals surface area contributed by atoms with Gasteiger partial charge in [0.1, 0.15) is 12.4 Å². The van der Waals surface area contributed by atoms with Crippen LogP contribution < -0.4 is 10.6 Å². The number of hydrogen-bond acceptors (Lipinski definition) is 5. The van der Waals surface area contributed by atoms with E-state index >= 15 is 0 Å². The highest BCUT2D eigenvalue weighted by Gasteiger charge is 2.13. The third-order valence-electron chi connectivity index (χ3n) is 3.33. The number of thioether (sulfide) groups is 1. The summed E-state index contributed by atoms with van der Waals surface area (Å²) in [6.07, 6.45) is 0. The van der Waals surface area contributed by atoms with Crippen LogP contribution in [0.15, 0.2) is 35.5 Å². The number of nitrogens with zero attached hydrogens (tertiary/aromatic N) is 3. The maximum atomic E-state index is 6.04. The van der Waals surface area contributed by atoms with Gasteiger partial charge in [-0.05, 0) is 37.0 Å². The SMILES string of the molecule is C=C(C)CSc1nnc(COc2cc(C)ccc2C(C)C)n1N. The molecule has 0 fully saturated rings.